The molecule has 0 bridgehead atoms. The molecule has 2 aliphatic rings. The fourth-order valence-corrected chi connectivity index (χ4v) is 3.68. The van der Waals surface area contributed by atoms with Gasteiger partial charge in [0.05, 0.1) is 0 Å². The van der Waals surface area contributed by atoms with Gasteiger partial charge in [0.1, 0.15) is 11.4 Å². The molecule has 0 radical (unpaired) electrons. The van der Waals surface area contributed by atoms with E-state index in [-0.39, 0.29) is 5.60 Å². The Hall–Kier alpha value is -1.02. The molecule has 1 fully saturated rings. The smallest absolute Gasteiger partial charge is 0.124 e. The molecule has 1 aliphatic heterocycles. The molecule has 1 N–H and O–H groups in total. The number of fused-ring (bicyclic) bond motifs is 1. The summed E-state index contributed by atoms with van der Waals surface area (Å²) in [6.45, 7) is 5.55. The van der Waals surface area contributed by atoms with Crippen molar-refractivity contribution in [3.63, 3.8) is 0 Å². The lowest BCUT2D eigenvalue weighted by Gasteiger charge is -2.43. The first-order chi connectivity index (χ1) is 8.75. The third kappa shape index (κ3) is 1.83. The van der Waals surface area contributed by atoms with E-state index in [1.165, 1.54) is 24.8 Å². The third-order valence-electron chi connectivity index (χ3n) is 4.74. The zero-order valence-electron chi connectivity index (χ0n) is 11.4. The maximum atomic E-state index is 6.43. The van der Waals surface area contributed by atoms with Crippen LogP contribution in [0.15, 0.2) is 24.3 Å². The maximum Gasteiger partial charge on any atom is 0.124 e. The minimum Gasteiger partial charge on any atom is -0.487 e. The summed E-state index contributed by atoms with van der Waals surface area (Å²) in [6.07, 6.45) is 4.95. The van der Waals surface area contributed by atoms with E-state index in [2.05, 4.69) is 43.4 Å². The van der Waals surface area contributed by atoms with Crippen molar-refractivity contribution in [2.75, 3.05) is 6.54 Å². The second-order valence-electron chi connectivity index (χ2n) is 5.81. The van der Waals surface area contributed by atoms with Crippen LogP contribution in [0.4, 0.5) is 0 Å². The molecular formula is C16H23NO. The van der Waals surface area contributed by atoms with Crippen molar-refractivity contribution in [3.8, 4) is 5.75 Å². The van der Waals surface area contributed by atoms with Gasteiger partial charge >= 0.3 is 0 Å². The van der Waals surface area contributed by atoms with E-state index >= 15 is 0 Å². The van der Waals surface area contributed by atoms with Gasteiger partial charge in [-0.25, -0.2) is 0 Å². The lowest BCUT2D eigenvalue weighted by atomic mass is 9.81. The standard InChI is InChI=1S/C16H23NO/c1-3-17-14-11-16(10-6-7-12(16)2)18-15-9-5-4-8-13(14)15/h4-5,8-9,12,14,17H,3,6-7,10-11H2,1-2H3. The van der Waals surface area contributed by atoms with Crippen molar-refractivity contribution in [2.24, 2.45) is 5.92 Å². The van der Waals surface area contributed by atoms with Crippen molar-refractivity contribution in [2.45, 2.75) is 51.2 Å². The Morgan fingerprint density at radius 2 is 2.22 bits per heavy atom. The summed E-state index contributed by atoms with van der Waals surface area (Å²) < 4.78 is 6.43. The highest BCUT2D eigenvalue weighted by atomic mass is 16.5. The number of rotatable bonds is 2. The fourth-order valence-electron chi connectivity index (χ4n) is 3.68. The molecule has 1 spiro atoms. The van der Waals surface area contributed by atoms with Crippen molar-refractivity contribution in [3.05, 3.63) is 29.8 Å². The summed E-state index contributed by atoms with van der Waals surface area (Å²) in [5.74, 6) is 1.77. The Kier molecular flexibility index (Phi) is 3.06. The van der Waals surface area contributed by atoms with Crippen molar-refractivity contribution in [1.82, 2.24) is 5.32 Å². The summed E-state index contributed by atoms with van der Waals surface area (Å²) in [4.78, 5) is 0. The molecule has 3 unspecified atom stereocenters. The van der Waals surface area contributed by atoms with Crippen molar-refractivity contribution in [1.29, 1.82) is 0 Å². The Morgan fingerprint density at radius 1 is 1.39 bits per heavy atom. The monoisotopic (exact) mass is 245 g/mol. The topological polar surface area (TPSA) is 21.3 Å². The molecule has 1 aromatic rings. The van der Waals surface area contributed by atoms with Gasteiger partial charge in [-0.3, -0.25) is 0 Å². The Balaban J connectivity index is 1.97. The molecule has 0 amide bonds. The summed E-state index contributed by atoms with van der Waals surface area (Å²) >= 11 is 0. The average Bonchev–Trinajstić information content (AvgIpc) is 2.71. The van der Waals surface area contributed by atoms with Gasteiger partial charge < -0.3 is 10.1 Å². The molecule has 1 saturated carbocycles. The summed E-state index contributed by atoms with van der Waals surface area (Å²) in [5.41, 5.74) is 1.42. The Labute approximate surface area is 110 Å². The van der Waals surface area contributed by atoms with Crippen LogP contribution in [-0.2, 0) is 0 Å². The first-order valence-electron chi connectivity index (χ1n) is 7.26. The Morgan fingerprint density at radius 3 is 2.94 bits per heavy atom. The molecular weight excluding hydrogens is 222 g/mol. The predicted molar refractivity (Wildman–Crippen MR) is 73.9 cm³/mol. The molecule has 0 saturated heterocycles. The Bertz CT molecular complexity index is 431. The van der Waals surface area contributed by atoms with Crippen LogP contribution in [0, 0.1) is 5.92 Å². The van der Waals surface area contributed by atoms with Crippen LogP contribution in [0.5, 0.6) is 5.75 Å². The van der Waals surface area contributed by atoms with Crippen molar-refractivity contribution < 1.29 is 4.74 Å². The number of para-hydroxylation sites is 1. The molecule has 2 heteroatoms. The zero-order chi connectivity index (χ0) is 12.6. The molecule has 1 aromatic carbocycles. The lowest BCUT2D eigenvalue weighted by Crippen LogP contribution is -2.46. The normalized spacial score (nSPS) is 34.3. The van der Waals surface area contributed by atoms with E-state index in [1.54, 1.807) is 0 Å². The minimum absolute atomic E-state index is 0.0845. The van der Waals surface area contributed by atoms with E-state index in [9.17, 15) is 0 Å². The van der Waals surface area contributed by atoms with Gasteiger partial charge in [0.25, 0.3) is 0 Å². The van der Waals surface area contributed by atoms with Gasteiger partial charge in [-0.15, -0.1) is 0 Å². The van der Waals surface area contributed by atoms with Gasteiger partial charge in [-0.1, -0.05) is 32.0 Å². The van der Waals surface area contributed by atoms with Crippen LogP contribution in [0.1, 0.15) is 51.1 Å². The summed E-state index contributed by atoms with van der Waals surface area (Å²) in [7, 11) is 0. The number of hydrogen-bond acceptors (Lipinski definition) is 2. The fraction of sp³-hybridized carbons (Fsp3) is 0.625. The van der Waals surface area contributed by atoms with Gasteiger partial charge in [-0.05, 0) is 37.8 Å². The largest absolute Gasteiger partial charge is 0.487 e. The highest BCUT2D eigenvalue weighted by Crippen LogP contribution is 2.49. The van der Waals surface area contributed by atoms with E-state index in [1.807, 2.05) is 0 Å². The first-order valence-corrected chi connectivity index (χ1v) is 7.26. The summed E-state index contributed by atoms with van der Waals surface area (Å²) in [5, 5.41) is 3.63. The van der Waals surface area contributed by atoms with Crippen LogP contribution in [0.3, 0.4) is 0 Å². The van der Waals surface area contributed by atoms with Crippen LogP contribution in [0.25, 0.3) is 0 Å². The van der Waals surface area contributed by atoms with Crippen LogP contribution in [0.2, 0.25) is 0 Å². The lowest BCUT2D eigenvalue weighted by molar-refractivity contribution is 0.00205. The molecule has 2 nitrogen and oxygen atoms in total. The van der Waals surface area contributed by atoms with Gasteiger partial charge in [-0.2, -0.15) is 0 Å². The minimum atomic E-state index is 0.0845. The SMILES string of the molecule is CCNC1CC2(CCCC2C)Oc2ccccc21. The number of ether oxygens (including phenoxy) is 1. The molecule has 0 aromatic heterocycles. The van der Waals surface area contributed by atoms with Crippen LogP contribution < -0.4 is 10.1 Å². The second-order valence-corrected chi connectivity index (χ2v) is 5.81. The highest BCUT2D eigenvalue weighted by Gasteiger charge is 2.47. The number of nitrogens with one attached hydrogen (secondary N) is 1. The molecule has 3 rings (SSSR count). The predicted octanol–water partition coefficient (Wildman–Crippen LogP) is 3.68. The zero-order valence-corrected chi connectivity index (χ0v) is 11.4. The second kappa shape index (κ2) is 4.58. The van der Waals surface area contributed by atoms with Gasteiger partial charge in [0.2, 0.25) is 0 Å². The average molecular weight is 245 g/mol. The third-order valence-corrected chi connectivity index (χ3v) is 4.74. The molecule has 98 valence electrons. The quantitative estimate of drug-likeness (QED) is 0.858. The van der Waals surface area contributed by atoms with Gasteiger partial charge in [0, 0.05) is 18.0 Å². The number of benzene rings is 1. The van der Waals surface area contributed by atoms with E-state index in [4.69, 9.17) is 4.74 Å². The van der Waals surface area contributed by atoms with Crippen LogP contribution in [-0.4, -0.2) is 12.1 Å². The molecule has 1 heterocycles. The highest BCUT2D eigenvalue weighted by molar-refractivity contribution is 5.39. The van der Waals surface area contributed by atoms with E-state index < -0.39 is 0 Å². The van der Waals surface area contributed by atoms with Crippen molar-refractivity contribution >= 4 is 0 Å². The van der Waals surface area contributed by atoms with E-state index in [0.717, 1.165) is 18.7 Å². The van der Waals surface area contributed by atoms with Gasteiger partial charge in [0.15, 0.2) is 0 Å². The van der Waals surface area contributed by atoms with Crippen LogP contribution >= 0.6 is 0 Å². The summed E-state index contributed by atoms with van der Waals surface area (Å²) in [6, 6.07) is 8.99. The van der Waals surface area contributed by atoms with E-state index in [0.29, 0.717) is 12.0 Å². The molecule has 1 aliphatic carbocycles. The number of hydrogen-bond donors (Lipinski definition) is 1. The molecule has 3 atom stereocenters. The molecule has 18 heavy (non-hydrogen) atoms. The maximum absolute atomic E-state index is 6.43. The first kappa shape index (κ1) is 12.0.